The first-order valence-corrected chi connectivity index (χ1v) is 5.77. The fraction of sp³-hybridized carbons (Fsp3) is 0.250. The van der Waals surface area contributed by atoms with Gasteiger partial charge in [-0.1, -0.05) is 0 Å². The third-order valence-corrected chi connectivity index (χ3v) is 2.96. The van der Waals surface area contributed by atoms with Crippen molar-refractivity contribution in [3.63, 3.8) is 0 Å². The van der Waals surface area contributed by atoms with Gasteiger partial charge in [-0.05, 0) is 18.1 Å². The number of imidazole rings is 1. The number of nitrogen functional groups attached to an aromatic ring is 1. The molecule has 0 aromatic carbocycles. The number of rotatable bonds is 3. The molecule has 3 aromatic heterocycles. The van der Waals surface area contributed by atoms with Crippen molar-refractivity contribution in [2.24, 2.45) is 7.05 Å². The second kappa shape index (κ2) is 4.14. The van der Waals surface area contributed by atoms with E-state index in [4.69, 9.17) is 5.73 Å². The van der Waals surface area contributed by atoms with E-state index in [0.29, 0.717) is 5.95 Å². The number of nitrogens with two attached hydrogens (primary N) is 1. The summed E-state index contributed by atoms with van der Waals surface area (Å²) < 4.78 is 3.80. The predicted molar refractivity (Wildman–Crippen MR) is 68.9 cm³/mol. The van der Waals surface area contributed by atoms with E-state index in [1.165, 1.54) is 5.56 Å². The zero-order valence-electron chi connectivity index (χ0n) is 10.1. The molecular weight excluding hydrogens is 228 g/mol. The van der Waals surface area contributed by atoms with Gasteiger partial charge in [-0.3, -0.25) is 9.67 Å². The zero-order valence-corrected chi connectivity index (χ0v) is 10.1. The summed E-state index contributed by atoms with van der Waals surface area (Å²) in [5.74, 6) is 0.530. The molecular formula is C12H14N6. The summed E-state index contributed by atoms with van der Waals surface area (Å²) in [5.41, 5.74) is 8.97. The van der Waals surface area contributed by atoms with Crippen molar-refractivity contribution < 1.29 is 0 Å². The highest BCUT2D eigenvalue weighted by Gasteiger charge is 2.07. The van der Waals surface area contributed by atoms with E-state index in [-0.39, 0.29) is 0 Å². The molecule has 3 aromatic rings. The quantitative estimate of drug-likeness (QED) is 0.743. The highest BCUT2D eigenvalue weighted by atomic mass is 15.2. The normalized spacial score (nSPS) is 11.2. The monoisotopic (exact) mass is 242 g/mol. The van der Waals surface area contributed by atoms with Crippen LogP contribution in [0.4, 0.5) is 5.95 Å². The Kier molecular flexibility index (Phi) is 2.47. The number of pyridine rings is 1. The van der Waals surface area contributed by atoms with Gasteiger partial charge in [-0.2, -0.15) is 5.10 Å². The molecule has 0 spiro atoms. The van der Waals surface area contributed by atoms with Crippen molar-refractivity contribution in [3.8, 4) is 0 Å². The third kappa shape index (κ3) is 1.81. The van der Waals surface area contributed by atoms with Gasteiger partial charge in [-0.15, -0.1) is 0 Å². The molecule has 6 heteroatoms. The number of hydrogen-bond donors (Lipinski definition) is 1. The molecule has 0 unspecified atom stereocenters. The summed E-state index contributed by atoms with van der Waals surface area (Å²) in [4.78, 5) is 8.33. The Morgan fingerprint density at radius 3 is 3.00 bits per heavy atom. The van der Waals surface area contributed by atoms with Crippen LogP contribution in [-0.4, -0.2) is 24.3 Å². The van der Waals surface area contributed by atoms with Crippen LogP contribution >= 0.6 is 0 Å². The van der Waals surface area contributed by atoms with Crippen molar-refractivity contribution in [2.45, 2.75) is 13.0 Å². The van der Waals surface area contributed by atoms with Gasteiger partial charge in [-0.25, -0.2) is 4.98 Å². The Balaban J connectivity index is 1.88. The van der Waals surface area contributed by atoms with E-state index in [9.17, 15) is 0 Å². The lowest BCUT2D eigenvalue weighted by Gasteiger charge is -2.04. The Morgan fingerprint density at radius 1 is 1.33 bits per heavy atom. The average Bonchev–Trinajstić information content (AvgIpc) is 2.90. The largest absolute Gasteiger partial charge is 0.369 e. The second-order valence-corrected chi connectivity index (χ2v) is 4.26. The first-order valence-electron chi connectivity index (χ1n) is 5.77. The molecule has 0 radical (unpaired) electrons. The molecule has 0 saturated carbocycles. The Labute approximate surface area is 104 Å². The van der Waals surface area contributed by atoms with Gasteiger partial charge in [0.25, 0.3) is 0 Å². The average molecular weight is 242 g/mol. The molecule has 3 heterocycles. The maximum atomic E-state index is 5.93. The second-order valence-electron chi connectivity index (χ2n) is 4.26. The van der Waals surface area contributed by atoms with Crippen LogP contribution in [0.25, 0.3) is 11.0 Å². The molecule has 0 amide bonds. The van der Waals surface area contributed by atoms with Gasteiger partial charge < -0.3 is 10.3 Å². The molecule has 2 N–H and O–H groups in total. The van der Waals surface area contributed by atoms with Crippen LogP contribution in [0.1, 0.15) is 5.56 Å². The molecule has 0 aliphatic heterocycles. The summed E-state index contributed by atoms with van der Waals surface area (Å²) in [5, 5.41) is 4.15. The SMILES string of the molecule is Cn1cc(CCn2c(N)nc3cnccc32)cn1. The van der Waals surface area contributed by atoms with Crippen LogP contribution in [0.2, 0.25) is 0 Å². The lowest BCUT2D eigenvalue weighted by molar-refractivity contribution is 0.723. The van der Waals surface area contributed by atoms with E-state index in [1.54, 1.807) is 17.1 Å². The van der Waals surface area contributed by atoms with Gasteiger partial charge in [0, 0.05) is 26.0 Å². The maximum absolute atomic E-state index is 5.93. The fourth-order valence-corrected chi connectivity index (χ4v) is 2.08. The summed E-state index contributed by atoms with van der Waals surface area (Å²) >= 11 is 0. The van der Waals surface area contributed by atoms with Gasteiger partial charge in [0.15, 0.2) is 0 Å². The van der Waals surface area contributed by atoms with Crippen molar-refractivity contribution in [2.75, 3.05) is 5.73 Å². The number of hydrogen-bond acceptors (Lipinski definition) is 4. The molecule has 0 aliphatic carbocycles. The van der Waals surface area contributed by atoms with Crippen molar-refractivity contribution >= 4 is 17.0 Å². The van der Waals surface area contributed by atoms with Gasteiger partial charge in [0.1, 0.15) is 5.52 Å². The van der Waals surface area contributed by atoms with Crippen LogP contribution in [0.5, 0.6) is 0 Å². The van der Waals surface area contributed by atoms with Crippen LogP contribution in [0.15, 0.2) is 30.9 Å². The predicted octanol–water partition coefficient (Wildman–Crippen LogP) is 0.990. The van der Waals surface area contributed by atoms with Gasteiger partial charge >= 0.3 is 0 Å². The van der Waals surface area contributed by atoms with Crippen LogP contribution in [0, 0.1) is 0 Å². The highest BCUT2D eigenvalue weighted by Crippen LogP contribution is 2.16. The molecule has 0 saturated heterocycles. The third-order valence-electron chi connectivity index (χ3n) is 2.96. The van der Waals surface area contributed by atoms with Crippen LogP contribution in [0.3, 0.4) is 0 Å². The standard InChI is InChI=1S/C12H14N6/c1-17-8-9(6-15-17)3-5-18-11-2-4-14-7-10(11)16-12(18)13/h2,4,6-8H,3,5H2,1H3,(H2,13,16). The first kappa shape index (κ1) is 10.8. The summed E-state index contributed by atoms with van der Waals surface area (Å²) in [6.45, 7) is 0.790. The van der Waals surface area contributed by atoms with Crippen molar-refractivity contribution in [1.29, 1.82) is 0 Å². The molecule has 18 heavy (non-hydrogen) atoms. The zero-order chi connectivity index (χ0) is 12.5. The maximum Gasteiger partial charge on any atom is 0.201 e. The van der Waals surface area contributed by atoms with Gasteiger partial charge in [0.05, 0.1) is 17.9 Å². The van der Waals surface area contributed by atoms with E-state index in [1.807, 2.05) is 30.1 Å². The summed E-state index contributed by atoms with van der Waals surface area (Å²) in [6, 6.07) is 1.93. The first-order chi connectivity index (χ1) is 8.74. The molecule has 0 atom stereocenters. The molecule has 6 nitrogen and oxygen atoms in total. The minimum Gasteiger partial charge on any atom is -0.369 e. The molecule has 0 fully saturated rings. The number of aromatic nitrogens is 5. The summed E-state index contributed by atoms with van der Waals surface area (Å²) in [7, 11) is 1.91. The van der Waals surface area contributed by atoms with E-state index in [2.05, 4.69) is 15.1 Å². The minimum absolute atomic E-state index is 0.530. The van der Waals surface area contributed by atoms with Crippen LogP contribution < -0.4 is 5.73 Å². The highest BCUT2D eigenvalue weighted by molar-refractivity contribution is 5.76. The number of nitrogens with zero attached hydrogens (tertiary/aromatic N) is 5. The fourth-order valence-electron chi connectivity index (χ4n) is 2.08. The smallest absolute Gasteiger partial charge is 0.201 e. The Bertz CT molecular complexity index is 681. The van der Waals surface area contributed by atoms with Crippen molar-refractivity contribution in [3.05, 3.63) is 36.4 Å². The number of aryl methyl sites for hydroxylation is 3. The van der Waals surface area contributed by atoms with Crippen LogP contribution in [-0.2, 0) is 20.0 Å². The molecule has 92 valence electrons. The Morgan fingerprint density at radius 2 is 2.22 bits per heavy atom. The lowest BCUT2D eigenvalue weighted by Crippen LogP contribution is -2.05. The van der Waals surface area contributed by atoms with Gasteiger partial charge in [0.2, 0.25) is 5.95 Å². The lowest BCUT2D eigenvalue weighted by atomic mass is 10.2. The Hall–Kier alpha value is -2.37. The topological polar surface area (TPSA) is 74.5 Å². The molecule has 0 aliphatic rings. The number of anilines is 1. The number of fused-ring (bicyclic) bond motifs is 1. The minimum atomic E-state index is 0.530. The summed E-state index contributed by atoms with van der Waals surface area (Å²) in [6.07, 6.45) is 8.25. The molecule has 0 bridgehead atoms. The van der Waals surface area contributed by atoms with Crippen molar-refractivity contribution in [1.82, 2.24) is 24.3 Å². The van der Waals surface area contributed by atoms with E-state index in [0.717, 1.165) is 24.0 Å². The van der Waals surface area contributed by atoms with E-state index >= 15 is 0 Å². The van der Waals surface area contributed by atoms with E-state index < -0.39 is 0 Å². The molecule has 3 rings (SSSR count).